The standard InChI is InChI=1S/C11H8N4O2/c1-7-6-17-11(14-7)15-10(16)9-3-2-8(4-12)5-13-9/h2-3,5-6H,1H3,(H,14,15,16). The van der Waals surface area contributed by atoms with Crippen molar-refractivity contribution in [2.45, 2.75) is 6.92 Å². The van der Waals surface area contributed by atoms with Gasteiger partial charge in [0.05, 0.1) is 11.3 Å². The Morgan fingerprint density at radius 2 is 2.35 bits per heavy atom. The molecule has 0 aliphatic rings. The van der Waals surface area contributed by atoms with Crippen LogP contribution in [0.1, 0.15) is 21.7 Å². The summed E-state index contributed by atoms with van der Waals surface area (Å²) >= 11 is 0. The molecular weight excluding hydrogens is 220 g/mol. The molecule has 0 aromatic carbocycles. The van der Waals surface area contributed by atoms with Gasteiger partial charge in [0, 0.05) is 6.20 Å². The maximum Gasteiger partial charge on any atom is 0.301 e. The van der Waals surface area contributed by atoms with Gasteiger partial charge in [-0.3, -0.25) is 10.1 Å². The van der Waals surface area contributed by atoms with Crippen molar-refractivity contribution in [3.63, 3.8) is 0 Å². The number of hydrogen-bond acceptors (Lipinski definition) is 5. The third-order valence-corrected chi connectivity index (χ3v) is 1.96. The van der Waals surface area contributed by atoms with Gasteiger partial charge in [0.15, 0.2) is 0 Å². The van der Waals surface area contributed by atoms with E-state index in [9.17, 15) is 4.79 Å². The van der Waals surface area contributed by atoms with E-state index in [1.165, 1.54) is 24.6 Å². The first-order chi connectivity index (χ1) is 8.19. The van der Waals surface area contributed by atoms with Crippen molar-refractivity contribution in [2.24, 2.45) is 0 Å². The minimum absolute atomic E-state index is 0.124. The van der Waals surface area contributed by atoms with Crippen LogP contribution in [-0.2, 0) is 0 Å². The predicted molar refractivity (Wildman–Crippen MR) is 58.1 cm³/mol. The van der Waals surface area contributed by atoms with Gasteiger partial charge in [0.25, 0.3) is 5.91 Å². The van der Waals surface area contributed by atoms with Crippen LogP contribution >= 0.6 is 0 Å². The number of aromatic nitrogens is 2. The summed E-state index contributed by atoms with van der Waals surface area (Å²) in [5, 5.41) is 11.0. The van der Waals surface area contributed by atoms with E-state index in [2.05, 4.69) is 15.3 Å². The van der Waals surface area contributed by atoms with Gasteiger partial charge >= 0.3 is 6.01 Å². The number of aryl methyl sites for hydroxylation is 1. The lowest BCUT2D eigenvalue weighted by Gasteiger charge is -1.99. The molecule has 1 amide bonds. The number of carbonyl (C=O) groups excluding carboxylic acids is 1. The summed E-state index contributed by atoms with van der Waals surface area (Å²) in [6.45, 7) is 1.75. The molecule has 0 unspecified atom stereocenters. The molecule has 0 aliphatic carbocycles. The fraction of sp³-hybridized carbons (Fsp3) is 0.0909. The Kier molecular flexibility index (Phi) is 2.83. The lowest BCUT2D eigenvalue weighted by Crippen LogP contribution is -2.13. The molecule has 17 heavy (non-hydrogen) atoms. The van der Waals surface area contributed by atoms with E-state index in [1.54, 1.807) is 6.92 Å². The Morgan fingerprint density at radius 3 is 2.88 bits per heavy atom. The molecule has 0 bridgehead atoms. The van der Waals surface area contributed by atoms with E-state index in [0.29, 0.717) is 11.3 Å². The maximum atomic E-state index is 11.7. The van der Waals surface area contributed by atoms with Crippen molar-refractivity contribution in [1.29, 1.82) is 5.26 Å². The van der Waals surface area contributed by atoms with Crippen LogP contribution in [0.15, 0.2) is 29.0 Å². The average molecular weight is 228 g/mol. The summed E-state index contributed by atoms with van der Waals surface area (Å²) in [7, 11) is 0. The first kappa shape index (κ1) is 10.8. The van der Waals surface area contributed by atoms with Gasteiger partial charge in [-0.2, -0.15) is 10.2 Å². The minimum Gasteiger partial charge on any atom is -0.432 e. The van der Waals surface area contributed by atoms with Crippen LogP contribution in [-0.4, -0.2) is 15.9 Å². The van der Waals surface area contributed by atoms with Crippen molar-refractivity contribution < 1.29 is 9.21 Å². The highest BCUT2D eigenvalue weighted by molar-refractivity contribution is 6.01. The molecule has 0 saturated heterocycles. The molecule has 84 valence electrons. The van der Waals surface area contributed by atoms with Crippen LogP contribution in [0.2, 0.25) is 0 Å². The SMILES string of the molecule is Cc1coc(NC(=O)c2ccc(C#N)cn2)n1. The lowest BCUT2D eigenvalue weighted by atomic mass is 10.2. The second kappa shape index (κ2) is 4.45. The van der Waals surface area contributed by atoms with E-state index in [4.69, 9.17) is 9.68 Å². The Morgan fingerprint density at radius 1 is 1.53 bits per heavy atom. The van der Waals surface area contributed by atoms with Crippen LogP contribution < -0.4 is 5.32 Å². The quantitative estimate of drug-likeness (QED) is 0.840. The number of rotatable bonds is 2. The molecule has 0 spiro atoms. The Labute approximate surface area is 96.9 Å². The lowest BCUT2D eigenvalue weighted by molar-refractivity contribution is 0.101. The number of carbonyl (C=O) groups is 1. The van der Waals surface area contributed by atoms with Crippen LogP contribution in [0.3, 0.4) is 0 Å². The molecule has 6 heteroatoms. The number of anilines is 1. The van der Waals surface area contributed by atoms with Gasteiger partial charge in [-0.05, 0) is 19.1 Å². The monoisotopic (exact) mass is 228 g/mol. The smallest absolute Gasteiger partial charge is 0.301 e. The second-order valence-corrected chi connectivity index (χ2v) is 3.29. The highest BCUT2D eigenvalue weighted by Gasteiger charge is 2.10. The van der Waals surface area contributed by atoms with Crippen LogP contribution in [0, 0.1) is 18.3 Å². The summed E-state index contributed by atoms with van der Waals surface area (Å²) in [6.07, 6.45) is 2.76. The fourth-order valence-electron chi connectivity index (χ4n) is 1.17. The van der Waals surface area contributed by atoms with Crippen LogP contribution in [0.4, 0.5) is 6.01 Å². The molecule has 6 nitrogen and oxygen atoms in total. The molecule has 0 radical (unpaired) electrons. The van der Waals surface area contributed by atoms with Crippen molar-refractivity contribution >= 4 is 11.9 Å². The largest absolute Gasteiger partial charge is 0.432 e. The highest BCUT2D eigenvalue weighted by atomic mass is 16.4. The maximum absolute atomic E-state index is 11.7. The minimum atomic E-state index is -0.434. The zero-order valence-corrected chi connectivity index (χ0v) is 8.97. The summed E-state index contributed by atoms with van der Waals surface area (Å²) in [4.78, 5) is 19.4. The molecule has 0 aliphatic heterocycles. The molecule has 0 atom stereocenters. The van der Waals surface area contributed by atoms with E-state index in [1.807, 2.05) is 6.07 Å². The topological polar surface area (TPSA) is 91.8 Å². The Balaban J connectivity index is 2.12. The molecule has 2 aromatic heterocycles. The zero-order valence-electron chi connectivity index (χ0n) is 8.97. The second-order valence-electron chi connectivity index (χ2n) is 3.29. The summed E-state index contributed by atoms with van der Waals surface area (Å²) in [5.41, 5.74) is 1.27. The van der Waals surface area contributed by atoms with Gasteiger partial charge in [-0.15, -0.1) is 0 Å². The molecule has 2 aromatic rings. The third kappa shape index (κ3) is 2.46. The van der Waals surface area contributed by atoms with E-state index >= 15 is 0 Å². The van der Waals surface area contributed by atoms with Gasteiger partial charge in [-0.1, -0.05) is 0 Å². The number of pyridine rings is 1. The van der Waals surface area contributed by atoms with E-state index < -0.39 is 5.91 Å². The van der Waals surface area contributed by atoms with Gasteiger partial charge in [0.1, 0.15) is 18.0 Å². The average Bonchev–Trinajstić information content (AvgIpc) is 2.75. The Bertz CT molecular complexity index is 580. The van der Waals surface area contributed by atoms with Gasteiger partial charge in [-0.25, -0.2) is 4.98 Å². The number of nitrogens with zero attached hydrogens (tertiary/aromatic N) is 3. The van der Waals surface area contributed by atoms with Crippen LogP contribution in [0.5, 0.6) is 0 Å². The summed E-state index contributed by atoms with van der Waals surface area (Å²) < 4.78 is 4.98. The Hall–Kier alpha value is -2.68. The first-order valence-electron chi connectivity index (χ1n) is 4.78. The van der Waals surface area contributed by atoms with Crippen molar-refractivity contribution in [1.82, 2.24) is 9.97 Å². The molecule has 2 heterocycles. The predicted octanol–water partition coefficient (Wildman–Crippen LogP) is 1.50. The van der Waals surface area contributed by atoms with Crippen molar-refractivity contribution in [2.75, 3.05) is 5.32 Å². The number of oxazole rings is 1. The van der Waals surface area contributed by atoms with Crippen molar-refractivity contribution in [3.05, 3.63) is 41.5 Å². The number of hydrogen-bond donors (Lipinski definition) is 1. The number of nitrogens with one attached hydrogen (secondary N) is 1. The molecule has 2 rings (SSSR count). The van der Waals surface area contributed by atoms with Gasteiger partial charge < -0.3 is 4.42 Å². The summed E-state index contributed by atoms with van der Waals surface area (Å²) in [5.74, 6) is -0.434. The normalized spacial score (nSPS) is 9.65. The molecule has 0 saturated carbocycles. The van der Waals surface area contributed by atoms with E-state index in [0.717, 1.165) is 0 Å². The molecular formula is C11H8N4O2. The van der Waals surface area contributed by atoms with Gasteiger partial charge in [0.2, 0.25) is 0 Å². The molecule has 0 fully saturated rings. The van der Waals surface area contributed by atoms with Crippen molar-refractivity contribution in [3.8, 4) is 6.07 Å². The zero-order chi connectivity index (χ0) is 12.3. The fourth-order valence-corrected chi connectivity index (χ4v) is 1.17. The third-order valence-electron chi connectivity index (χ3n) is 1.96. The van der Waals surface area contributed by atoms with E-state index in [-0.39, 0.29) is 11.7 Å². The first-order valence-corrected chi connectivity index (χ1v) is 4.78. The molecule has 1 N–H and O–H groups in total. The number of amides is 1. The highest BCUT2D eigenvalue weighted by Crippen LogP contribution is 2.08. The summed E-state index contributed by atoms with van der Waals surface area (Å²) in [6, 6.07) is 5.02. The van der Waals surface area contributed by atoms with Crippen LogP contribution in [0.25, 0.3) is 0 Å². The number of nitriles is 1.